The van der Waals surface area contributed by atoms with E-state index in [-0.39, 0.29) is 5.25 Å². The van der Waals surface area contributed by atoms with Crippen LogP contribution in [0.2, 0.25) is 0 Å². The van der Waals surface area contributed by atoms with Gasteiger partial charge in [-0.25, -0.2) is 9.97 Å². The van der Waals surface area contributed by atoms with E-state index in [9.17, 15) is 0 Å². The van der Waals surface area contributed by atoms with Crippen LogP contribution in [-0.2, 0) is 0 Å². The molecule has 0 bridgehead atoms. The lowest BCUT2D eigenvalue weighted by atomic mass is 10.4. The van der Waals surface area contributed by atoms with Gasteiger partial charge in [0.1, 0.15) is 22.6 Å². The average Bonchev–Trinajstić information content (AvgIpc) is 2.16. The lowest BCUT2D eigenvalue weighted by molar-refractivity contribution is 0.948. The van der Waals surface area contributed by atoms with Crippen molar-refractivity contribution in [2.75, 3.05) is 5.88 Å². The van der Waals surface area contributed by atoms with Gasteiger partial charge in [0.15, 0.2) is 0 Å². The van der Waals surface area contributed by atoms with Crippen LogP contribution in [0.3, 0.4) is 0 Å². The molecule has 0 fully saturated rings. The van der Waals surface area contributed by atoms with Crippen molar-refractivity contribution in [1.82, 2.24) is 9.97 Å². The molecular formula is C9H10ClN3S. The number of alkyl halides is 1. The molecule has 14 heavy (non-hydrogen) atoms. The molecule has 74 valence electrons. The average molecular weight is 228 g/mol. The molecule has 1 aromatic heterocycles. The summed E-state index contributed by atoms with van der Waals surface area (Å²) in [7, 11) is 0. The quantitative estimate of drug-likeness (QED) is 0.452. The van der Waals surface area contributed by atoms with Crippen molar-refractivity contribution in [3.63, 3.8) is 0 Å². The topological polar surface area (TPSA) is 49.6 Å². The van der Waals surface area contributed by atoms with E-state index in [1.165, 1.54) is 0 Å². The van der Waals surface area contributed by atoms with Crippen LogP contribution >= 0.6 is 23.4 Å². The summed E-state index contributed by atoms with van der Waals surface area (Å²) in [6, 6.07) is 3.68. The van der Waals surface area contributed by atoms with Crippen molar-refractivity contribution in [3.05, 3.63) is 17.6 Å². The maximum atomic E-state index is 8.70. The van der Waals surface area contributed by atoms with Crippen LogP contribution in [-0.4, -0.2) is 21.1 Å². The first-order chi connectivity index (χ1) is 6.65. The zero-order chi connectivity index (χ0) is 10.6. The standard InChI is InChI=1S/C9H10ClN3S/c1-6(4-10)14-9-3-8(5-11)12-7(2)13-9/h3,6H,4H2,1-2H3. The van der Waals surface area contributed by atoms with Crippen molar-refractivity contribution in [1.29, 1.82) is 5.26 Å². The second-order valence-corrected chi connectivity index (χ2v) is 4.60. The summed E-state index contributed by atoms with van der Waals surface area (Å²) in [6.45, 7) is 3.79. The number of halogens is 1. The molecule has 0 aliphatic heterocycles. The maximum Gasteiger partial charge on any atom is 0.145 e. The van der Waals surface area contributed by atoms with E-state index in [1.54, 1.807) is 24.8 Å². The molecule has 0 aliphatic rings. The molecule has 0 radical (unpaired) electrons. The van der Waals surface area contributed by atoms with Crippen molar-refractivity contribution < 1.29 is 0 Å². The Hall–Kier alpha value is -0.790. The Morgan fingerprint density at radius 1 is 1.64 bits per heavy atom. The van der Waals surface area contributed by atoms with Gasteiger partial charge in [-0.3, -0.25) is 0 Å². The van der Waals surface area contributed by atoms with Crippen LogP contribution in [0, 0.1) is 18.3 Å². The van der Waals surface area contributed by atoms with E-state index in [0.29, 0.717) is 17.4 Å². The SMILES string of the molecule is Cc1nc(C#N)cc(SC(C)CCl)n1. The molecule has 1 unspecified atom stereocenters. The fourth-order valence-corrected chi connectivity index (χ4v) is 1.92. The van der Waals surface area contributed by atoms with E-state index >= 15 is 0 Å². The first-order valence-electron chi connectivity index (χ1n) is 4.14. The van der Waals surface area contributed by atoms with Crippen LogP contribution in [0.1, 0.15) is 18.4 Å². The predicted octanol–water partition coefficient (Wildman–Crippen LogP) is 2.38. The second kappa shape index (κ2) is 5.18. The Morgan fingerprint density at radius 3 is 2.93 bits per heavy atom. The van der Waals surface area contributed by atoms with Gasteiger partial charge in [-0.2, -0.15) is 5.26 Å². The summed E-state index contributed by atoms with van der Waals surface area (Å²) in [5.74, 6) is 1.18. The number of rotatable bonds is 3. The number of aryl methyl sites for hydroxylation is 1. The van der Waals surface area contributed by atoms with Crippen LogP contribution < -0.4 is 0 Å². The third-order valence-electron chi connectivity index (χ3n) is 1.47. The summed E-state index contributed by atoms with van der Waals surface area (Å²) in [5.41, 5.74) is 0.404. The Labute approximate surface area is 92.5 Å². The molecule has 5 heteroatoms. The molecule has 0 saturated heterocycles. The van der Waals surface area contributed by atoms with Crippen LogP contribution in [0.5, 0.6) is 0 Å². The summed E-state index contributed by atoms with van der Waals surface area (Å²) in [5, 5.41) is 9.80. The number of hydrogen-bond acceptors (Lipinski definition) is 4. The molecule has 0 amide bonds. The molecule has 1 atom stereocenters. The van der Waals surface area contributed by atoms with Crippen LogP contribution in [0.15, 0.2) is 11.1 Å². The van der Waals surface area contributed by atoms with E-state index in [1.807, 2.05) is 13.0 Å². The molecule has 0 aromatic carbocycles. The zero-order valence-electron chi connectivity index (χ0n) is 7.99. The molecule has 1 aromatic rings. The van der Waals surface area contributed by atoms with Gasteiger partial charge in [0.25, 0.3) is 0 Å². The fraction of sp³-hybridized carbons (Fsp3) is 0.444. The van der Waals surface area contributed by atoms with E-state index in [2.05, 4.69) is 9.97 Å². The molecular weight excluding hydrogens is 218 g/mol. The van der Waals surface area contributed by atoms with Crippen LogP contribution in [0.25, 0.3) is 0 Å². The number of thioether (sulfide) groups is 1. The van der Waals surface area contributed by atoms with Crippen molar-refractivity contribution in [2.45, 2.75) is 24.1 Å². The fourth-order valence-electron chi connectivity index (χ4n) is 0.896. The molecule has 1 heterocycles. The molecule has 0 spiro atoms. The molecule has 3 nitrogen and oxygen atoms in total. The highest BCUT2D eigenvalue weighted by molar-refractivity contribution is 7.99. The Bertz CT molecular complexity index is 362. The summed E-state index contributed by atoms with van der Waals surface area (Å²) in [6.07, 6.45) is 0. The minimum Gasteiger partial charge on any atom is -0.227 e. The van der Waals surface area contributed by atoms with E-state index < -0.39 is 0 Å². The molecule has 1 rings (SSSR count). The highest BCUT2D eigenvalue weighted by Gasteiger charge is 2.06. The van der Waals surface area contributed by atoms with Gasteiger partial charge >= 0.3 is 0 Å². The number of nitrogens with zero attached hydrogens (tertiary/aromatic N) is 3. The van der Waals surface area contributed by atoms with Gasteiger partial charge in [-0.05, 0) is 6.92 Å². The lowest BCUT2D eigenvalue weighted by Gasteiger charge is -2.06. The van der Waals surface area contributed by atoms with Gasteiger partial charge in [0.05, 0.1) is 0 Å². The Morgan fingerprint density at radius 2 is 2.36 bits per heavy atom. The van der Waals surface area contributed by atoms with Gasteiger partial charge in [-0.15, -0.1) is 23.4 Å². The largest absolute Gasteiger partial charge is 0.227 e. The summed E-state index contributed by atoms with van der Waals surface area (Å²) in [4.78, 5) is 8.18. The molecule has 0 aliphatic carbocycles. The number of hydrogen-bond donors (Lipinski definition) is 0. The zero-order valence-corrected chi connectivity index (χ0v) is 9.56. The Balaban J connectivity index is 2.88. The molecule has 0 saturated carbocycles. The monoisotopic (exact) mass is 227 g/mol. The normalized spacial score (nSPS) is 12.1. The maximum absolute atomic E-state index is 8.70. The van der Waals surface area contributed by atoms with Gasteiger partial charge in [0.2, 0.25) is 0 Å². The first kappa shape index (κ1) is 11.3. The van der Waals surface area contributed by atoms with Crippen molar-refractivity contribution >= 4 is 23.4 Å². The lowest BCUT2D eigenvalue weighted by Crippen LogP contribution is -2.00. The Kier molecular flexibility index (Phi) is 4.18. The van der Waals surface area contributed by atoms with Crippen molar-refractivity contribution in [3.8, 4) is 6.07 Å². The predicted molar refractivity (Wildman–Crippen MR) is 57.5 cm³/mol. The number of nitriles is 1. The minimum atomic E-state index is 0.289. The minimum absolute atomic E-state index is 0.289. The first-order valence-corrected chi connectivity index (χ1v) is 5.55. The van der Waals surface area contributed by atoms with Gasteiger partial charge < -0.3 is 0 Å². The smallest absolute Gasteiger partial charge is 0.145 e. The summed E-state index contributed by atoms with van der Waals surface area (Å²) < 4.78 is 0. The third-order valence-corrected chi connectivity index (χ3v) is 3.13. The van der Waals surface area contributed by atoms with E-state index in [0.717, 1.165) is 5.03 Å². The number of aromatic nitrogens is 2. The van der Waals surface area contributed by atoms with Crippen LogP contribution in [0.4, 0.5) is 0 Å². The van der Waals surface area contributed by atoms with E-state index in [4.69, 9.17) is 16.9 Å². The highest BCUT2D eigenvalue weighted by atomic mass is 35.5. The third kappa shape index (κ3) is 3.17. The van der Waals surface area contributed by atoms with Crippen molar-refractivity contribution in [2.24, 2.45) is 0 Å². The van der Waals surface area contributed by atoms with Gasteiger partial charge in [0, 0.05) is 17.2 Å². The van der Waals surface area contributed by atoms with Gasteiger partial charge in [-0.1, -0.05) is 6.92 Å². The second-order valence-electron chi connectivity index (χ2n) is 2.83. The molecule has 0 N–H and O–H groups in total. The summed E-state index contributed by atoms with van der Waals surface area (Å²) >= 11 is 7.24. The highest BCUT2D eigenvalue weighted by Crippen LogP contribution is 2.22.